The number of pyridine rings is 1. The Morgan fingerprint density at radius 1 is 1.20 bits per heavy atom. The van der Waals surface area contributed by atoms with E-state index in [-0.39, 0.29) is 11.8 Å². The molecule has 2 aromatic rings. The standard InChI is InChI=1S/C16H14F3N3O3/c1-2-22-9-12-13(7-8-20-14(12)21-15(22)23)24-10-3-5-11(6-4-10)25-16(17,18)19/h3-8H,2,9H2,1H3,(H,20,21,23). The fourth-order valence-electron chi connectivity index (χ4n) is 2.37. The van der Waals surface area contributed by atoms with Gasteiger partial charge in [-0.3, -0.25) is 5.32 Å². The van der Waals surface area contributed by atoms with Gasteiger partial charge in [0, 0.05) is 12.7 Å². The molecule has 0 fully saturated rings. The number of hydrogen-bond acceptors (Lipinski definition) is 4. The molecule has 1 aromatic heterocycles. The van der Waals surface area contributed by atoms with Gasteiger partial charge in [0.15, 0.2) is 0 Å². The number of fused-ring (bicyclic) bond motifs is 1. The number of anilines is 1. The average Bonchev–Trinajstić information content (AvgIpc) is 2.55. The molecule has 3 rings (SSSR count). The molecule has 1 N–H and O–H groups in total. The predicted octanol–water partition coefficient (Wildman–Crippen LogP) is 4.14. The molecule has 0 saturated carbocycles. The van der Waals surface area contributed by atoms with Crippen molar-refractivity contribution in [3.05, 3.63) is 42.1 Å². The van der Waals surface area contributed by atoms with Crippen molar-refractivity contribution >= 4 is 11.8 Å². The SMILES string of the molecule is CCN1Cc2c(Oc3ccc(OC(F)(F)F)cc3)ccnc2NC1=O. The molecule has 6 nitrogen and oxygen atoms in total. The number of halogens is 3. The van der Waals surface area contributed by atoms with Gasteiger partial charge in [0.05, 0.1) is 12.1 Å². The largest absolute Gasteiger partial charge is 0.573 e. The Bertz CT molecular complexity index is 778. The van der Waals surface area contributed by atoms with Crippen molar-refractivity contribution in [2.75, 3.05) is 11.9 Å². The minimum Gasteiger partial charge on any atom is -0.457 e. The molecular weight excluding hydrogens is 339 g/mol. The number of nitrogens with zero attached hydrogens (tertiary/aromatic N) is 2. The smallest absolute Gasteiger partial charge is 0.457 e. The lowest BCUT2D eigenvalue weighted by Crippen LogP contribution is -2.38. The van der Waals surface area contributed by atoms with Crippen LogP contribution in [0.3, 0.4) is 0 Å². The normalized spacial score (nSPS) is 13.9. The Morgan fingerprint density at radius 3 is 2.52 bits per heavy atom. The first-order valence-corrected chi connectivity index (χ1v) is 7.43. The van der Waals surface area contributed by atoms with Crippen molar-refractivity contribution in [1.82, 2.24) is 9.88 Å². The van der Waals surface area contributed by atoms with Crippen LogP contribution in [0.5, 0.6) is 17.2 Å². The number of aromatic nitrogens is 1. The number of ether oxygens (including phenoxy) is 2. The number of alkyl halides is 3. The number of carbonyl (C=O) groups excluding carboxylic acids is 1. The summed E-state index contributed by atoms with van der Waals surface area (Å²) in [5, 5.41) is 2.67. The second-order valence-electron chi connectivity index (χ2n) is 5.20. The fourth-order valence-corrected chi connectivity index (χ4v) is 2.37. The zero-order valence-corrected chi connectivity index (χ0v) is 13.1. The second kappa shape index (κ2) is 6.50. The average molecular weight is 353 g/mol. The van der Waals surface area contributed by atoms with Gasteiger partial charge >= 0.3 is 12.4 Å². The van der Waals surface area contributed by atoms with E-state index in [4.69, 9.17) is 4.74 Å². The van der Waals surface area contributed by atoms with Crippen LogP contribution in [0.2, 0.25) is 0 Å². The molecule has 0 radical (unpaired) electrons. The lowest BCUT2D eigenvalue weighted by atomic mass is 10.2. The van der Waals surface area contributed by atoms with Crippen molar-refractivity contribution in [2.24, 2.45) is 0 Å². The molecule has 0 aliphatic carbocycles. The van der Waals surface area contributed by atoms with Crippen molar-refractivity contribution < 1.29 is 27.4 Å². The molecule has 132 valence electrons. The van der Waals surface area contributed by atoms with E-state index in [9.17, 15) is 18.0 Å². The van der Waals surface area contributed by atoms with Crippen molar-refractivity contribution in [2.45, 2.75) is 19.8 Å². The quantitative estimate of drug-likeness (QED) is 0.897. The Kier molecular flexibility index (Phi) is 4.39. The molecule has 2 amide bonds. The first-order valence-electron chi connectivity index (χ1n) is 7.43. The van der Waals surface area contributed by atoms with Crippen molar-refractivity contribution in [1.29, 1.82) is 0 Å². The molecule has 2 heterocycles. The first kappa shape index (κ1) is 16.9. The van der Waals surface area contributed by atoms with Crippen LogP contribution in [0.15, 0.2) is 36.5 Å². The maximum atomic E-state index is 12.2. The predicted molar refractivity (Wildman–Crippen MR) is 82.5 cm³/mol. The summed E-state index contributed by atoms with van der Waals surface area (Å²) in [6, 6.07) is 6.45. The first-order chi connectivity index (χ1) is 11.9. The van der Waals surface area contributed by atoms with E-state index in [0.29, 0.717) is 36.0 Å². The zero-order chi connectivity index (χ0) is 18.0. The number of hydrogen-bond donors (Lipinski definition) is 1. The van der Waals surface area contributed by atoms with Gasteiger partial charge in [-0.15, -0.1) is 13.2 Å². The third-order valence-corrected chi connectivity index (χ3v) is 3.54. The molecule has 1 aromatic carbocycles. The van der Waals surface area contributed by atoms with Crippen LogP contribution in [0, 0.1) is 0 Å². The van der Waals surface area contributed by atoms with Crippen LogP contribution in [0.1, 0.15) is 12.5 Å². The highest BCUT2D eigenvalue weighted by molar-refractivity contribution is 5.91. The molecule has 1 aliphatic rings. The van der Waals surface area contributed by atoms with Crippen LogP contribution in [-0.2, 0) is 6.54 Å². The number of carbonyl (C=O) groups is 1. The molecule has 0 spiro atoms. The lowest BCUT2D eigenvalue weighted by Gasteiger charge is -2.28. The van der Waals surface area contributed by atoms with Gasteiger partial charge in [0.1, 0.15) is 23.1 Å². The number of urea groups is 1. The molecule has 9 heteroatoms. The van der Waals surface area contributed by atoms with E-state index in [1.165, 1.54) is 18.3 Å². The van der Waals surface area contributed by atoms with Crippen LogP contribution >= 0.6 is 0 Å². The number of amides is 2. The Balaban J connectivity index is 1.80. The van der Waals surface area contributed by atoms with Gasteiger partial charge in [-0.05, 0) is 37.3 Å². The Labute approximate surface area is 141 Å². The summed E-state index contributed by atoms with van der Waals surface area (Å²) in [6.07, 6.45) is -3.26. The molecule has 25 heavy (non-hydrogen) atoms. The van der Waals surface area contributed by atoms with Crippen molar-refractivity contribution in [3.63, 3.8) is 0 Å². The van der Waals surface area contributed by atoms with Gasteiger partial charge < -0.3 is 14.4 Å². The van der Waals surface area contributed by atoms with Gasteiger partial charge in [-0.25, -0.2) is 9.78 Å². The van der Waals surface area contributed by atoms with E-state index in [1.54, 1.807) is 11.0 Å². The summed E-state index contributed by atoms with van der Waals surface area (Å²) >= 11 is 0. The maximum Gasteiger partial charge on any atom is 0.573 e. The molecule has 1 aliphatic heterocycles. The maximum absolute atomic E-state index is 12.2. The molecule has 0 unspecified atom stereocenters. The summed E-state index contributed by atoms with van der Waals surface area (Å²) < 4.78 is 46.1. The molecule has 0 bridgehead atoms. The summed E-state index contributed by atoms with van der Waals surface area (Å²) in [7, 11) is 0. The third kappa shape index (κ3) is 3.93. The molecular formula is C16H14F3N3O3. The van der Waals surface area contributed by atoms with Crippen LogP contribution in [0.4, 0.5) is 23.8 Å². The molecule has 0 atom stereocenters. The van der Waals surface area contributed by atoms with Crippen LogP contribution in [0.25, 0.3) is 0 Å². The van der Waals surface area contributed by atoms with Crippen LogP contribution in [-0.4, -0.2) is 28.8 Å². The van der Waals surface area contributed by atoms with Gasteiger partial charge in [-0.1, -0.05) is 0 Å². The van der Waals surface area contributed by atoms with E-state index >= 15 is 0 Å². The lowest BCUT2D eigenvalue weighted by molar-refractivity contribution is -0.274. The topological polar surface area (TPSA) is 63.7 Å². The minimum atomic E-state index is -4.74. The Hall–Kier alpha value is -2.97. The highest BCUT2D eigenvalue weighted by Gasteiger charge is 2.31. The molecule has 0 saturated heterocycles. The summed E-state index contributed by atoms with van der Waals surface area (Å²) in [5.41, 5.74) is 0.694. The van der Waals surface area contributed by atoms with Gasteiger partial charge in [0.25, 0.3) is 0 Å². The third-order valence-electron chi connectivity index (χ3n) is 3.54. The van der Waals surface area contributed by atoms with Crippen LogP contribution < -0.4 is 14.8 Å². The minimum absolute atomic E-state index is 0.242. The zero-order valence-electron chi connectivity index (χ0n) is 13.1. The van der Waals surface area contributed by atoms with E-state index in [2.05, 4.69) is 15.0 Å². The summed E-state index contributed by atoms with van der Waals surface area (Å²) in [4.78, 5) is 17.5. The summed E-state index contributed by atoms with van der Waals surface area (Å²) in [6.45, 7) is 2.69. The number of nitrogens with one attached hydrogen (secondary N) is 1. The number of rotatable bonds is 4. The van der Waals surface area contributed by atoms with Gasteiger partial charge in [0.2, 0.25) is 0 Å². The monoisotopic (exact) mass is 353 g/mol. The second-order valence-corrected chi connectivity index (χ2v) is 5.20. The number of benzene rings is 1. The fraction of sp³-hybridized carbons (Fsp3) is 0.250. The Morgan fingerprint density at radius 2 is 1.88 bits per heavy atom. The highest BCUT2D eigenvalue weighted by atomic mass is 19.4. The van der Waals surface area contributed by atoms with Crippen molar-refractivity contribution in [3.8, 4) is 17.2 Å². The van der Waals surface area contributed by atoms with E-state index < -0.39 is 6.36 Å². The van der Waals surface area contributed by atoms with E-state index in [0.717, 1.165) is 12.1 Å². The summed E-state index contributed by atoms with van der Waals surface area (Å²) in [5.74, 6) is 0.876. The van der Waals surface area contributed by atoms with E-state index in [1.807, 2.05) is 6.92 Å². The highest BCUT2D eigenvalue weighted by Crippen LogP contribution is 2.33. The van der Waals surface area contributed by atoms with Gasteiger partial charge in [-0.2, -0.15) is 0 Å².